The van der Waals surface area contributed by atoms with Crippen LogP contribution < -0.4 is 14.7 Å². The molecule has 0 radical (unpaired) electrons. The average molecular weight is 246 g/mol. The minimum absolute atomic E-state index is 0.315. The molecule has 0 fully saturated rings. The lowest BCUT2D eigenvalue weighted by atomic mass is 10.3. The molecule has 2 rings (SSSR count). The number of anilines is 1. The number of aliphatic carboxylic acids is 1. The van der Waals surface area contributed by atoms with Gasteiger partial charge in [-0.1, -0.05) is 0 Å². The second kappa shape index (κ2) is 4.70. The van der Waals surface area contributed by atoms with Crippen molar-refractivity contribution in [2.45, 2.75) is 0 Å². The van der Waals surface area contributed by atoms with Crippen LogP contribution in [-0.4, -0.2) is 24.4 Å². The van der Waals surface area contributed by atoms with Gasteiger partial charge in [0.15, 0.2) is 0 Å². The van der Waals surface area contributed by atoms with Crippen LogP contribution in [-0.2, 0) is 14.4 Å². The van der Waals surface area contributed by atoms with E-state index in [4.69, 9.17) is 4.74 Å². The number of carbonyl (C=O) groups is 3. The zero-order valence-corrected chi connectivity index (χ0v) is 9.16. The van der Waals surface area contributed by atoms with Crippen LogP contribution in [0, 0.1) is 0 Å². The fraction of sp³-hybridized carbons (Fsp3) is 0.0833. The Labute approximate surface area is 102 Å². The minimum atomic E-state index is -1.33. The monoisotopic (exact) mass is 246 g/mol. The Bertz CT molecular complexity index is 514. The molecule has 1 aromatic rings. The number of benzene rings is 1. The van der Waals surface area contributed by atoms with Crippen LogP contribution in [0.4, 0.5) is 5.69 Å². The van der Waals surface area contributed by atoms with Gasteiger partial charge in [0.05, 0.1) is 11.7 Å². The normalized spacial score (nSPS) is 14.1. The van der Waals surface area contributed by atoms with Crippen LogP contribution in [0.2, 0.25) is 0 Å². The van der Waals surface area contributed by atoms with Gasteiger partial charge in [-0.3, -0.25) is 9.59 Å². The van der Waals surface area contributed by atoms with E-state index in [1.165, 1.54) is 36.4 Å². The third-order valence-corrected chi connectivity index (χ3v) is 2.26. The number of rotatable bonds is 4. The molecule has 1 heterocycles. The molecule has 0 atom stereocenters. The van der Waals surface area contributed by atoms with Crippen molar-refractivity contribution >= 4 is 23.5 Å². The maximum atomic E-state index is 11.4. The Kier molecular flexibility index (Phi) is 3.09. The molecule has 1 aliphatic heterocycles. The zero-order valence-electron chi connectivity index (χ0n) is 9.16. The summed E-state index contributed by atoms with van der Waals surface area (Å²) in [6.07, 6.45) is 2.37. The summed E-state index contributed by atoms with van der Waals surface area (Å²) in [4.78, 5) is 34.0. The van der Waals surface area contributed by atoms with Crippen molar-refractivity contribution in [2.24, 2.45) is 0 Å². The number of carboxylic acid groups (broad SMARTS) is 1. The van der Waals surface area contributed by atoms with E-state index in [1.807, 2.05) is 0 Å². The van der Waals surface area contributed by atoms with Gasteiger partial charge in [0.2, 0.25) is 0 Å². The maximum absolute atomic E-state index is 11.4. The van der Waals surface area contributed by atoms with Crippen LogP contribution in [0.25, 0.3) is 0 Å². The predicted octanol–water partition coefficient (Wildman–Crippen LogP) is -0.755. The van der Waals surface area contributed by atoms with E-state index in [1.54, 1.807) is 0 Å². The highest BCUT2D eigenvalue weighted by atomic mass is 16.5. The molecule has 0 aliphatic carbocycles. The first-order valence-corrected chi connectivity index (χ1v) is 5.07. The number of hydrogen-bond acceptors (Lipinski definition) is 5. The Morgan fingerprint density at radius 2 is 1.67 bits per heavy atom. The number of ether oxygens (including phenoxy) is 1. The van der Waals surface area contributed by atoms with Crippen LogP contribution in [0.15, 0.2) is 36.4 Å². The summed E-state index contributed by atoms with van der Waals surface area (Å²) in [6, 6.07) is 5.93. The van der Waals surface area contributed by atoms with Crippen LogP contribution in [0.3, 0.4) is 0 Å². The molecule has 92 valence electrons. The smallest absolute Gasteiger partial charge is 0.258 e. The number of nitrogens with zero attached hydrogens (tertiary/aromatic N) is 1. The van der Waals surface area contributed by atoms with Gasteiger partial charge in [0.1, 0.15) is 12.4 Å². The predicted molar refractivity (Wildman–Crippen MR) is 58.6 cm³/mol. The summed E-state index contributed by atoms with van der Waals surface area (Å²) in [5, 5.41) is 10.2. The van der Waals surface area contributed by atoms with Gasteiger partial charge in [-0.05, 0) is 24.3 Å². The Morgan fingerprint density at radius 3 is 2.17 bits per heavy atom. The lowest BCUT2D eigenvalue weighted by Gasteiger charge is -2.14. The molecule has 2 amide bonds. The third-order valence-electron chi connectivity index (χ3n) is 2.26. The van der Waals surface area contributed by atoms with Crippen molar-refractivity contribution in [1.29, 1.82) is 0 Å². The quantitative estimate of drug-likeness (QED) is 0.652. The van der Waals surface area contributed by atoms with Crippen molar-refractivity contribution in [3.8, 4) is 5.75 Å². The van der Waals surface area contributed by atoms with Crippen LogP contribution in [0.1, 0.15) is 0 Å². The second-order valence-corrected chi connectivity index (χ2v) is 3.50. The molecule has 0 aromatic heterocycles. The fourth-order valence-electron chi connectivity index (χ4n) is 1.49. The van der Waals surface area contributed by atoms with Gasteiger partial charge in [-0.2, -0.15) is 0 Å². The van der Waals surface area contributed by atoms with Crippen molar-refractivity contribution in [3.63, 3.8) is 0 Å². The Balaban J connectivity index is 2.10. The lowest BCUT2D eigenvalue weighted by molar-refractivity contribution is -0.307. The number of hydrogen-bond donors (Lipinski definition) is 0. The van der Waals surface area contributed by atoms with E-state index in [2.05, 4.69) is 0 Å². The first kappa shape index (κ1) is 11.8. The molecular weight excluding hydrogens is 238 g/mol. The van der Waals surface area contributed by atoms with E-state index in [-0.39, 0.29) is 0 Å². The molecule has 0 saturated carbocycles. The van der Waals surface area contributed by atoms with Crippen molar-refractivity contribution in [1.82, 2.24) is 0 Å². The largest absolute Gasteiger partial charge is 0.546 e. The molecule has 0 spiro atoms. The number of amides is 2. The second-order valence-electron chi connectivity index (χ2n) is 3.50. The average Bonchev–Trinajstić information content (AvgIpc) is 2.67. The highest BCUT2D eigenvalue weighted by Crippen LogP contribution is 2.22. The van der Waals surface area contributed by atoms with Crippen LogP contribution in [0.5, 0.6) is 5.75 Å². The number of carbonyl (C=O) groups excluding carboxylic acids is 3. The molecule has 0 unspecified atom stereocenters. The molecule has 6 nitrogen and oxygen atoms in total. The first-order chi connectivity index (χ1) is 8.58. The van der Waals surface area contributed by atoms with Gasteiger partial charge < -0.3 is 14.6 Å². The van der Waals surface area contributed by atoms with Gasteiger partial charge >= 0.3 is 0 Å². The molecular formula is C12H8NO5-. The lowest BCUT2D eigenvalue weighted by Crippen LogP contribution is -2.29. The van der Waals surface area contributed by atoms with Gasteiger partial charge in [0.25, 0.3) is 11.8 Å². The van der Waals surface area contributed by atoms with Gasteiger partial charge in [-0.25, -0.2) is 4.90 Å². The number of carboxylic acids is 1. The Hall–Kier alpha value is -2.63. The summed E-state index contributed by atoms with van der Waals surface area (Å²) < 4.78 is 4.87. The summed E-state index contributed by atoms with van der Waals surface area (Å²) in [6.45, 7) is -0.553. The van der Waals surface area contributed by atoms with E-state index in [0.29, 0.717) is 11.4 Å². The standard InChI is InChI=1S/C12H9NO5/c14-10-5-6-11(15)13(10)8-1-3-9(4-2-8)18-7-12(16)17/h1-6H,7H2,(H,16,17)/p-1. The van der Waals surface area contributed by atoms with E-state index < -0.39 is 24.4 Å². The van der Waals surface area contributed by atoms with Crippen molar-refractivity contribution in [2.75, 3.05) is 11.5 Å². The van der Waals surface area contributed by atoms with Crippen LogP contribution >= 0.6 is 0 Å². The fourth-order valence-corrected chi connectivity index (χ4v) is 1.49. The molecule has 0 bridgehead atoms. The minimum Gasteiger partial charge on any atom is -0.546 e. The molecule has 0 saturated heterocycles. The van der Waals surface area contributed by atoms with Crippen molar-refractivity contribution < 1.29 is 24.2 Å². The maximum Gasteiger partial charge on any atom is 0.258 e. The SMILES string of the molecule is O=C([O-])COc1ccc(N2C(=O)C=CC2=O)cc1. The van der Waals surface area contributed by atoms with E-state index >= 15 is 0 Å². The highest BCUT2D eigenvalue weighted by molar-refractivity contribution is 6.28. The number of imide groups is 1. The molecule has 6 heteroatoms. The summed E-state index contributed by atoms with van der Waals surface area (Å²) >= 11 is 0. The topological polar surface area (TPSA) is 86.7 Å². The van der Waals surface area contributed by atoms with Crippen molar-refractivity contribution in [3.05, 3.63) is 36.4 Å². The first-order valence-electron chi connectivity index (χ1n) is 5.07. The summed E-state index contributed by atoms with van der Waals surface area (Å²) in [5.74, 6) is -1.84. The molecule has 18 heavy (non-hydrogen) atoms. The van der Waals surface area contributed by atoms with E-state index in [0.717, 1.165) is 4.90 Å². The summed E-state index contributed by atoms with van der Waals surface area (Å²) in [5.41, 5.74) is 0.399. The Morgan fingerprint density at radius 1 is 1.11 bits per heavy atom. The zero-order chi connectivity index (χ0) is 13.1. The van der Waals surface area contributed by atoms with Gasteiger partial charge in [-0.15, -0.1) is 0 Å². The molecule has 0 N–H and O–H groups in total. The highest BCUT2D eigenvalue weighted by Gasteiger charge is 2.24. The summed E-state index contributed by atoms with van der Waals surface area (Å²) in [7, 11) is 0. The molecule has 1 aromatic carbocycles. The van der Waals surface area contributed by atoms with E-state index in [9.17, 15) is 19.5 Å². The van der Waals surface area contributed by atoms with Gasteiger partial charge in [0, 0.05) is 12.2 Å². The molecule has 1 aliphatic rings. The third kappa shape index (κ3) is 2.37.